The second-order valence-corrected chi connectivity index (χ2v) is 9.06. The zero-order valence-corrected chi connectivity index (χ0v) is 18.1. The summed E-state index contributed by atoms with van der Waals surface area (Å²) < 4.78 is 29.0. The minimum Gasteiger partial charge on any atom is -0.352 e. The van der Waals surface area contributed by atoms with Gasteiger partial charge in [-0.05, 0) is 57.2 Å². The minimum absolute atomic E-state index is 0.0295. The second kappa shape index (κ2) is 9.34. The number of carbonyl (C=O) groups is 1. The Morgan fingerprint density at radius 1 is 1.04 bits per heavy atom. The highest BCUT2D eigenvalue weighted by Crippen LogP contribution is 2.22. The molecular weight excluding hydrogens is 372 g/mol. The highest BCUT2D eigenvalue weighted by Gasteiger charge is 2.28. The lowest BCUT2D eigenvalue weighted by Gasteiger charge is -2.22. The second-order valence-electron chi connectivity index (χ2n) is 7.41. The zero-order valence-electron chi connectivity index (χ0n) is 17.2. The number of hydrogen-bond donors (Lipinski definition) is 2. The van der Waals surface area contributed by atoms with Crippen LogP contribution >= 0.6 is 0 Å². The van der Waals surface area contributed by atoms with Crippen molar-refractivity contribution in [3.8, 4) is 0 Å². The molecule has 0 saturated carbocycles. The monoisotopic (exact) mass is 402 g/mol. The summed E-state index contributed by atoms with van der Waals surface area (Å²) in [5, 5.41) is 2.90. The van der Waals surface area contributed by atoms with Gasteiger partial charge in [0.05, 0.1) is 4.90 Å². The number of sulfonamides is 1. The van der Waals surface area contributed by atoms with Crippen molar-refractivity contribution in [2.24, 2.45) is 0 Å². The molecule has 2 aromatic rings. The van der Waals surface area contributed by atoms with Crippen molar-refractivity contribution in [2.45, 2.75) is 64.4 Å². The highest BCUT2D eigenvalue weighted by atomic mass is 32.2. The molecule has 0 aromatic heterocycles. The largest absolute Gasteiger partial charge is 0.352 e. The molecule has 0 aliphatic carbocycles. The third kappa shape index (κ3) is 5.66. The van der Waals surface area contributed by atoms with Gasteiger partial charge in [-0.25, -0.2) is 8.42 Å². The molecule has 5 nitrogen and oxygen atoms in total. The van der Waals surface area contributed by atoms with E-state index < -0.39 is 16.1 Å². The SMILES string of the molecule is CC[C@@H](C)NC(=O)[C@H](Cc1ccccc1)NS(=O)(=O)c1c(C)cc(C)cc1C. The van der Waals surface area contributed by atoms with E-state index in [9.17, 15) is 13.2 Å². The Morgan fingerprint density at radius 3 is 2.14 bits per heavy atom. The molecule has 2 aromatic carbocycles. The number of aryl methyl sites for hydroxylation is 3. The maximum Gasteiger partial charge on any atom is 0.241 e. The number of benzene rings is 2. The quantitative estimate of drug-likeness (QED) is 0.710. The summed E-state index contributed by atoms with van der Waals surface area (Å²) >= 11 is 0. The third-order valence-electron chi connectivity index (χ3n) is 4.77. The number of amides is 1. The Balaban J connectivity index is 2.36. The van der Waals surface area contributed by atoms with Crippen LogP contribution < -0.4 is 10.0 Å². The molecule has 2 N–H and O–H groups in total. The van der Waals surface area contributed by atoms with E-state index in [0.29, 0.717) is 11.1 Å². The van der Waals surface area contributed by atoms with E-state index in [4.69, 9.17) is 0 Å². The van der Waals surface area contributed by atoms with Gasteiger partial charge in [-0.15, -0.1) is 0 Å². The number of rotatable bonds is 8. The molecular formula is C22H30N2O3S. The maximum atomic E-state index is 13.2. The maximum absolute atomic E-state index is 13.2. The molecule has 0 unspecified atom stereocenters. The highest BCUT2D eigenvalue weighted by molar-refractivity contribution is 7.89. The fourth-order valence-electron chi connectivity index (χ4n) is 3.32. The molecule has 0 heterocycles. The van der Waals surface area contributed by atoms with Crippen molar-refractivity contribution >= 4 is 15.9 Å². The van der Waals surface area contributed by atoms with Crippen molar-refractivity contribution in [1.29, 1.82) is 0 Å². The van der Waals surface area contributed by atoms with Crippen LogP contribution in [0.2, 0.25) is 0 Å². The minimum atomic E-state index is -3.86. The first kappa shape index (κ1) is 22.1. The van der Waals surface area contributed by atoms with E-state index in [-0.39, 0.29) is 23.3 Å². The van der Waals surface area contributed by atoms with E-state index in [0.717, 1.165) is 17.5 Å². The average Bonchev–Trinajstić information content (AvgIpc) is 2.60. The van der Waals surface area contributed by atoms with E-state index in [2.05, 4.69) is 10.0 Å². The van der Waals surface area contributed by atoms with Gasteiger partial charge in [-0.3, -0.25) is 4.79 Å². The van der Waals surface area contributed by atoms with Crippen LogP contribution in [0.5, 0.6) is 0 Å². The van der Waals surface area contributed by atoms with Gasteiger partial charge >= 0.3 is 0 Å². The fourth-order valence-corrected chi connectivity index (χ4v) is 4.97. The fraction of sp³-hybridized carbons (Fsp3) is 0.409. The van der Waals surface area contributed by atoms with Gasteiger partial charge in [0.15, 0.2) is 0 Å². The first-order chi connectivity index (χ1) is 13.1. The molecule has 1 amide bonds. The van der Waals surface area contributed by atoms with E-state index in [1.165, 1.54) is 0 Å². The topological polar surface area (TPSA) is 75.3 Å². The first-order valence-electron chi connectivity index (χ1n) is 9.58. The number of carbonyl (C=O) groups excluding carboxylic acids is 1. The Labute approximate surface area is 168 Å². The summed E-state index contributed by atoms with van der Waals surface area (Å²) in [4.78, 5) is 13.1. The van der Waals surface area contributed by atoms with Crippen LogP contribution in [-0.4, -0.2) is 26.4 Å². The molecule has 6 heteroatoms. The lowest BCUT2D eigenvalue weighted by atomic mass is 10.1. The molecule has 28 heavy (non-hydrogen) atoms. The lowest BCUT2D eigenvalue weighted by molar-refractivity contribution is -0.123. The smallest absolute Gasteiger partial charge is 0.241 e. The van der Waals surface area contributed by atoms with Gasteiger partial charge in [-0.1, -0.05) is 55.0 Å². The Hall–Kier alpha value is -2.18. The van der Waals surface area contributed by atoms with Crippen LogP contribution in [0.1, 0.15) is 42.5 Å². The molecule has 2 rings (SSSR count). The summed E-state index contributed by atoms with van der Waals surface area (Å²) in [5.41, 5.74) is 3.24. The lowest BCUT2D eigenvalue weighted by Crippen LogP contribution is -2.50. The summed E-state index contributed by atoms with van der Waals surface area (Å²) in [5.74, 6) is -0.316. The van der Waals surface area contributed by atoms with Crippen molar-refractivity contribution in [3.63, 3.8) is 0 Å². The van der Waals surface area contributed by atoms with Crippen LogP contribution in [0.3, 0.4) is 0 Å². The Morgan fingerprint density at radius 2 is 1.61 bits per heavy atom. The van der Waals surface area contributed by atoms with Crippen molar-refractivity contribution in [3.05, 3.63) is 64.7 Å². The van der Waals surface area contributed by atoms with Gasteiger partial charge in [0.25, 0.3) is 0 Å². The number of nitrogens with one attached hydrogen (secondary N) is 2. The van der Waals surface area contributed by atoms with Crippen LogP contribution in [0.15, 0.2) is 47.4 Å². The van der Waals surface area contributed by atoms with Gasteiger partial charge in [0, 0.05) is 6.04 Å². The third-order valence-corrected chi connectivity index (χ3v) is 6.55. The van der Waals surface area contributed by atoms with Gasteiger partial charge in [0.1, 0.15) is 6.04 Å². The predicted octanol–water partition coefficient (Wildman–Crippen LogP) is 3.42. The van der Waals surface area contributed by atoms with E-state index in [1.807, 2.05) is 63.2 Å². The molecule has 0 aliphatic rings. The van der Waals surface area contributed by atoms with E-state index in [1.54, 1.807) is 13.8 Å². The van der Waals surface area contributed by atoms with Crippen LogP contribution in [0, 0.1) is 20.8 Å². The number of hydrogen-bond acceptors (Lipinski definition) is 3. The molecule has 2 atom stereocenters. The molecule has 0 bridgehead atoms. The van der Waals surface area contributed by atoms with Gasteiger partial charge < -0.3 is 5.32 Å². The summed E-state index contributed by atoms with van der Waals surface area (Å²) in [6, 6.07) is 12.2. The van der Waals surface area contributed by atoms with Gasteiger partial charge in [-0.2, -0.15) is 4.72 Å². The molecule has 0 fully saturated rings. The zero-order chi connectivity index (χ0) is 20.9. The average molecular weight is 403 g/mol. The Bertz CT molecular complexity index is 901. The Kier molecular flexibility index (Phi) is 7.38. The van der Waals surface area contributed by atoms with E-state index >= 15 is 0 Å². The van der Waals surface area contributed by atoms with Gasteiger partial charge in [0.2, 0.25) is 15.9 Å². The van der Waals surface area contributed by atoms with Crippen molar-refractivity contribution < 1.29 is 13.2 Å². The predicted molar refractivity (Wildman–Crippen MR) is 113 cm³/mol. The molecule has 0 aliphatic heterocycles. The van der Waals surface area contributed by atoms with Crippen LogP contribution in [-0.2, 0) is 21.2 Å². The molecule has 0 spiro atoms. The first-order valence-corrected chi connectivity index (χ1v) is 11.1. The van der Waals surface area contributed by atoms with Crippen molar-refractivity contribution in [2.75, 3.05) is 0 Å². The van der Waals surface area contributed by atoms with Crippen molar-refractivity contribution in [1.82, 2.24) is 10.0 Å². The summed E-state index contributed by atoms with van der Waals surface area (Å²) in [6.45, 7) is 9.36. The summed E-state index contributed by atoms with van der Waals surface area (Å²) in [6.07, 6.45) is 1.05. The summed E-state index contributed by atoms with van der Waals surface area (Å²) in [7, 11) is -3.86. The normalized spacial score (nSPS) is 13.8. The standard InChI is InChI=1S/C22H30N2O3S/c1-6-18(5)23-22(25)20(14-19-10-8-7-9-11-19)24-28(26,27)21-16(3)12-15(2)13-17(21)4/h7-13,18,20,24H,6,14H2,1-5H3,(H,23,25)/t18-,20+/m1/s1. The molecule has 0 radical (unpaired) electrons. The van der Waals surface area contributed by atoms with Crippen LogP contribution in [0.25, 0.3) is 0 Å². The van der Waals surface area contributed by atoms with Crippen LogP contribution in [0.4, 0.5) is 0 Å². The molecule has 0 saturated heterocycles. The molecule has 152 valence electrons.